The Morgan fingerprint density at radius 3 is 2.80 bits per heavy atom. The molecule has 25 heavy (non-hydrogen) atoms. The molecule has 1 aromatic heterocycles. The van der Waals surface area contributed by atoms with Crippen molar-refractivity contribution in [3.05, 3.63) is 40.8 Å². The highest BCUT2D eigenvalue weighted by Gasteiger charge is 2.22. The van der Waals surface area contributed by atoms with E-state index in [4.69, 9.17) is 0 Å². The van der Waals surface area contributed by atoms with E-state index in [1.165, 1.54) is 25.0 Å². The van der Waals surface area contributed by atoms with Crippen LogP contribution in [0.4, 0.5) is 15.9 Å². The molecule has 2 heterocycles. The first-order chi connectivity index (χ1) is 12.1. The number of carbonyl (C=O) groups excluding carboxylic acids is 2. The molecule has 0 saturated heterocycles. The number of nitrogens with zero attached hydrogens (tertiary/aromatic N) is 1. The average Bonchev–Trinajstić information content (AvgIpc) is 3.25. The number of amides is 2. The van der Waals surface area contributed by atoms with E-state index in [0.29, 0.717) is 30.3 Å². The maximum absolute atomic E-state index is 14.3. The van der Waals surface area contributed by atoms with Gasteiger partial charge in [-0.05, 0) is 37.0 Å². The molecule has 0 bridgehead atoms. The average molecular weight is 342 g/mol. The van der Waals surface area contributed by atoms with Gasteiger partial charge in [0.2, 0.25) is 5.91 Å². The van der Waals surface area contributed by atoms with Gasteiger partial charge in [-0.2, -0.15) is 5.10 Å². The van der Waals surface area contributed by atoms with Gasteiger partial charge in [0.15, 0.2) is 5.82 Å². The molecule has 6 nitrogen and oxygen atoms in total. The zero-order valence-electron chi connectivity index (χ0n) is 13.7. The van der Waals surface area contributed by atoms with Crippen molar-refractivity contribution < 1.29 is 14.0 Å². The number of aromatic nitrogens is 2. The van der Waals surface area contributed by atoms with Crippen molar-refractivity contribution in [1.29, 1.82) is 0 Å². The summed E-state index contributed by atoms with van der Waals surface area (Å²) in [6, 6.07) is 4.53. The summed E-state index contributed by atoms with van der Waals surface area (Å²) in [5, 5.41) is 12.4. The van der Waals surface area contributed by atoms with Gasteiger partial charge in [-0.15, -0.1) is 0 Å². The largest absolute Gasteiger partial charge is 0.326 e. The quantitative estimate of drug-likeness (QED) is 0.799. The van der Waals surface area contributed by atoms with Crippen LogP contribution in [-0.4, -0.2) is 22.0 Å². The van der Waals surface area contributed by atoms with Gasteiger partial charge in [-0.1, -0.05) is 12.8 Å². The molecule has 2 aliphatic rings. The minimum atomic E-state index is -0.662. The smallest absolute Gasteiger partial charge is 0.259 e. The van der Waals surface area contributed by atoms with Crippen LogP contribution in [0.2, 0.25) is 0 Å². The molecule has 0 atom stereocenters. The molecule has 3 N–H and O–H groups in total. The topological polar surface area (TPSA) is 86.9 Å². The van der Waals surface area contributed by atoms with Crippen LogP contribution in [0.5, 0.6) is 0 Å². The van der Waals surface area contributed by atoms with Crippen molar-refractivity contribution >= 4 is 23.3 Å². The maximum Gasteiger partial charge on any atom is 0.259 e. The fraction of sp³-hybridized carbons (Fsp3) is 0.389. The number of anilines is 2. The van der Waals surface area contributed by atoms with E-state index in [9.17, 15) is 14.0 Å². The monoisotopic (exact) mass is 342 g/mol. The fourth-order valence-corrected chi connectivity index (χ4v) is 3.61. The van der Waals surface area contributed by atoms with E-state index < -0.39 is 11.7 Å². The third kappa shape index (κ3) is 3.14. The highest BCUT2D eigenvalue weighted by molar-refractivity contribution is 6.05. The van der Waals surface area contributed by atoms with Crippen molar-refractivity contribution in [3.63, 3.8) is 0 Å². The number of H-pyrrole nitrogens is 1. The van der Waals surface area contributed by atoms with Gasteiger partial charge >= 0.3 is 0 Å². The predicted octanol–water partition coefficient (Wildman–Crippen LogP) is 3.34. The first-order valence-corrected chi connectivity index (χ1v) is 8.59. The molecule has 0 spiro atoms. The zero-order chi connectivity index (χ0) is 17.4. The van der Waals surface area contributed by atoms with E-state index in [-0.39, 0.29) is 11.5 Å². The molecule has 2 aromatic rings. The number of hydrogen-bond acceptors (Lipinski definition) is 3. The van der Waals surface area contributed by atoms with Crippen molar-refractivity contribution in [3.8, 4) is 0 Å². The molecular weight excluding hydrogens is 323 g/mol. The predicted molar refractivity (Wildman–Crippen MR) is 91.1 cm³/mol. The first-order valence-electron chi connectivity index (χ1n) is 8.59. The SMILES string of the molecule is O=C1CCc2cc(C(=O)Nc3cc(C4CCCC4)[nH]n3)c(F)cc2N1. The molecule has 4 rings (SSSR count). The second kappa shape index (κ2) is 6.31. The van der Waals surface area contributed by atoms with E-state index in [0.717, 1.165) is 24.1 Å². The third-order valence-corrected chi connectivity index (χ3v) is 4.97. The number of benzene rings is 1. The number of rotatable bonds is 3. The molecule has 1 fully saturated rings. The lowest BCUT2D eigenvalue weighted by Gasteiger charge is -2.17. The molecule has 1 aromatic carbocycles. The van der Waals surface area contributed by atoms with Crippen LogP contribution in [0.15, 0.2) is 18.2 Å². The Labute approximate surface area is 144 Å². The summed E-state index contributed by atoms with van der Waals surface area (Å²) in [5.41, 5.74) is 2.18. The van der Waals surface area contributed by atoms with Crippen molar-refractivity contribution in [2.24, 2.45) is 0 Å². The molecule has 1 saturated carbocycles. The Bertz CT molecular complexity index is 840. The zero-order valence-corrected chi connectivity index (χ0v) is 13.7. The van der Waals surface area contributed by atoms with Crippen LogP contribution >= 0.6 is 0 Å². The Morgan fingerprint density at radius 1 is 1.20 bits per heavy atom. The second-order valence-electron chi connectivity index (χ2n) is 6.68. The van der Waals surface area contributed by atoms with Crippen LogP contribution in [-0.2, 0) is 11.2 Å². The van der Waals surface area contributed by atoms with Crippen molar-refractivity contribution in [2.45, 2.75) is 44.4 Å². The number of hydrogen-bond donors (Lipinski definition) is 3. The summed E-state index contributed by atoms with van der Waals surface area (Å²) in [7, 11) is 0. The summed E-state index contributed by atoms with van der Waals surface area (Å²) >= 11 is 0. The molecule has 0 radical (unpaired) electrons. The van der Waals surface area contributed by atoms with Crippen molar-refractivity contribution in [2.75, 3.05) is 10.6 Å². The molecule has 1 aliphatic heterocycles. The first kappa shape index (κ1) is 15.8. The molecule has 2 amide bonds. The van der Waals surface area contributed by atoms with Crippen LogP contribution in [0.3, 0.4) is 0 Å². The number of aromatic amines is 1. The highest BCUT2D eigenvalue weighted by Crippen LogP contribution is 2.33. The molecule has 7 heteroatoms. The number of carbonyl (C=O) groups is 2. The molecule has 130 valence electrons. The van der Waals surface area contributed by atoms with Crippen molar-refractivity contribution in [1.82, 2.24) is 10.2 Å². The Hall–Kier alpha value is -2.70. The van der Waals surface area contributed by atoms with Gasteiger partial charge in [0.05, 0.1) is 5.56 Å². The minimum absolute atomic E-state index is 0.0414. The standard InChI is InChI=1S/C18H19FN4O2/c19-13-8-14-11(5-6-17(24)20-14)7-12(13)18(25)21-16-9-15(22-23-16)10-3-1-2-4-10/h7-10H,1-6H2,(H,20,24)(H2,21,22,23,25). The minimum Gasteiger partial charge on any atom is -0.326 e. The summed E-state index contributed by atoms with van der Waals surface area (Å²) in [5.74, 6) is -0.480. The van der Waals surface area contributed by atoms with Gasteiger partial charge < -0.3 is 10.6 Å². The lowest BCUT2D eigenvalue weighted by atomic mass is 9.99. The fourth-order valence-electron chi connectivity index (χ4n) is 3.61. The Kier molecular flexibility index (Phi) is 3.99. The third-order valence-electron chi connectivity index (χ3n) is 4.97. The number of halogens is 1. The maximum atomic E-state index is 14.3. The van der Waals surface area contributed by atoms with Gasteiger partial charge in [0.25, 0.3) is 5.91 Å². The summed E-state index contributed by atoms with van der Waals surface area (Å²) < 4.78 is 14.3. The van der Waals surface area contributed by atoms with Gasteiger partial charge in [0.1, 0.15) is 5.82 Å². The number of fused-ring (bicyclic) bond motifs is 1. The van der Waals surface area contributed by atoms with Gasteiger partial charge in [-0.25, -0.2) is 4.39 Å². The highest BCUT2D eigenvalue weighted by atomic mass is 19.1. The Balaban J connectivity index is 1.52. The van der Waals surface area contributed by atoms with E-state index in [1.54, 1.807) is 0 Å². The van der Waals surface area contributed by atoms with E-state index in [1.807, 2.05) is 6.07 Å². The molecule has 1 aliphatic carbocycles. The van der Waals surface area contributed by atoms with Crippen LogP contribution < -0.4 is 10.6 Å². The van der Waals surface area contributed by atoms with Gasteiger partial charge in [0, 0.05) is 29.8 Å². The molecule has 0 unspecified atom stereocenters. The lowest BCUT2D eigenvalue weighted by Crippen LogP contribution is -2.21. The summed E-state index contributed by atoms with van der Waals surface area (Å²) in [4.78, 5) is 23.8. The normalized spacial score (nSPS) is 17.2. The summed E-state index contributed by atoms with van der Waals surface area (Å²) in [6.07, 6.45) is 5.51. The second-order valence-corrected chi connectivity index (χ2v) is 6.68. The van der Waals surface area contributed by atoms with E-state index >= 15 is 0 Å². The number of nitrogens with one attached hydrogen (secondary N) is 3. The van der Waals surface area contributed by atoms with Crippen LogP contribution in [0, 0.1) is 5.82 Å². The van der Waals surface area contributed by atoms with Crippen LogP contribution in [0.25, 0.3) is 0 Å². The van der Waals surface area contributed by atoms with E-state index in [2.05, 4.69) is 20.8 Å². The van der Waals surface area contributed by atoms with Crippen LogP contribution in [0.1, 0.15) is 59.6 Å². The molecular formula is C18H19FN4O2. The number of aryl methyl sites for hydroxylation is 1. The Morgan fingerprint density at radius 2 is 2.00 bits per heavy atom. The summed E-state index contributed by atoms with van der Waals surface area (Å²) in [6.45, 7) is 0. The lowest BCUT2D eigenvalue weighted by molar-refractivity contribution is -0.116. The van der Waals surface area contributed by atoms with Gasteiger partial charge in [-0.3, -0.25) is 14.7 Å².